The minimum Gasteiger partial charge on any atom is -0.493 e. The van der Waals surface area contributed by atoms with E-state index < -0.39 is 10.1 Å². The van der Waals surface area contributed by atoms with E-state index in [1.165, 1.54) is 26.4 Å². The first-order chi connectivity index (χ1) is 10.8. The molecule has 0 atom stereocenters. The first kappa shape index (κ1) is 17.6. The molecule has 0 aliphatic rings. The van der Waals surface area contributed by atoms with Crippen molar-refractivity contribution in [1.82, 2.24) is 0 Å². The molecular weight excluding hydrogens is 384 g/mol. The predicted octanol–water partition coefficient (Wildman–Crippen LogP) is 3.85. The van der Waals surface area contributed by atoms with E-state index in [2.05, 4.69) is 15.9 Å². The Kier molecular flexibility index (Phi) is 5.21. The van der Waals surface area contributed by atoms with Gasteiger partial charge in [-0.2, -0.15) is 8.42 Å². The highest BCUT2D eigenvalue weighted by Gasteiger charge is 2.24. The number of hydrogen-bond donors (Lipinski definition) is 0. The highest BCUT2D eigenvalue weighted by atomic mass is 79.9. The van der Waals surface area contributed by atoms with Crippen molar-refractivity contribution in [1.29, 1.82) is 0 Å². The van der Waals surface area contributed by atoms with Gasteiger partial charge in [0.1, 0.15) is 10.6 Å². The van der Waals surface area contributed by atoms with Crippen LogP contribution in [0.25, 0.3) is 0 Å². The summed E-state index contributed by atoms with van der Waals surface area (Å²) in [4.78, 5) is -0.0314. The molecule has 0 amide bonds. The number of halogens is 1. The third-order valence-corrected chi connectivity index (χ3v) is 5.44. The molecule has 0 saturated carbocycles. The normalized spacial score (nSPS) is 11.2. The molecule has 7 heteroatoms. The highest BCUT2D eigenvalue weighted by molar-refractivity contribution is 9.10. The van der Waals surface area contributed by atoms with Crippen molar-refractivity contribution < 1.29 is 22.1 Å². The molecule has 2 aromatic carbocycles. The van der Waals surface area contributed by atoms with Crippen molar-refractivity contribution >= 4 is 26.0 Å². The van der Waals surface area contributed by atoms with Gasteiger partial charge in [0.2, 0.25) is 0 Å². The zero-order chi connectivity index (χ0) is 17.2. The molecule has 0 radical (unpaired) electrons. The van der Waals surface area contributed by atoms with E-state index in [9.17, 15) is 8.42 Å². The fourth-order valence-electron chi connectivity index (χ4n) is 1.99. The number of aryl methyl sites for hydroxylation is 2. The smallest absolute Gasteiger partial charge is 0.340 e. The molecule has 0 unspecified atom stereocenters. The van der Waals surface area contributed by atoms with Gasteiger partial charge in [-0.25, -0.2) is 0 Å². The maximum atomic E-state index is 12.6. The standard InChI is InChI=1S/C16H17BrO5S/c1-10-5-6-11(2)13(7-10)22-23(18,19)16-9-15(21-4)14(20-3)8-12(16)17/h5-9H,1-4H3. The van der Waals surface area contributed by atoms with Gasteiger partial charge in [-0.3, -0.25) is 0 Å². The molecule has 0 spiro atoms. The van der Waals surface area contributed by atoms with Gasteiger partial charge in [-0.05, 0) is 53.0 Å². The van der Waals surface area contributed by atoms with Gasteiger partial charge >= 0.3 is 10.1 Å². The Hall–Kier alpha value is -1.73. The molecular formula is C16H17BrO5S. The Morgan fingerprint density at radius 3 is 2.13 bits per heavy atom. The Morgan fingerprint density at radius 2 is 1.52 bits per heavy atom. The third-order valence-electron chi connectivity index (χ3n) is 3.25. The van der Waals surface area contributed by atoms with E-state index in [4.69, 9.17) is 13.7 Å². The summed E-state index contributed by atoms with van der Waals surface area (Å²) in [6.45, 7) is 3.65. The molecule has 0 aliphatic heterocycles. The maximum Gasteiger partial charge on any atom is 0.340 e. The first-order valence-corrected chi connectivity index (χ1v) is 8.92. The molecule has 0 heterocycles. The van der Waals surface area contributed by atoms with Crippen LogP contribution in [0.4, 0.5) is 0 Å². The maximum absolute atomic E-state index is 12.6. The highest BCUT2D eigenvalue weighted by Crippen LogP contribution is 2.36. The van der Waals surface area contributed by atoms with Crippen LogP contribution >= 0.6 is 15.9 Å². The van der Waals surface area contributed by atoms with E-state index in [1.54, 1.807) is 13.0 Å². The Morgan fingerprint density at radius 1 is 0.913 bits per heavy atom. The lowest BCUT2D eigenvalue weighted by Gasteiger charge is -2.14. The lowest BCUT2D eigenvalue weighted by Crippen LogP contribution is -2.12. The molecule has 0 saturated heterocycles. The fraction of sp³-hybridized carbons (Fsp3) is 0.250. The molecule has 0 N–H and O–H groups in total. The van der Waals surface area contributed by atoms with Gasteiger partial charge < -0.3 is 13.7 Å². The van der Waals surface area contributed by atoms with Crippen LogP contribution < -0.4 is 13.7 Å². The summed E-state index contributed by atoms with van der Waals surface area (Å²) < 4.78 is 41.1. The average Bonchev–Trinajstić information content (AvgIpc) is 2.50. The monoisotopic (exact) mass is 400 g/mol. The van der Waals surface area contributed by atoms with Crippen LogP contribution in [0.15, 0.2) is 39.7 Å². The Labute approximate surface area is 144 Å². The molecule has 124 valence electrons. The van der Waals surface area contributed by atoms with Gasteiger partial charge in [0.25, 0.3) is 0 Å². The van der Waals surface area contributed by atoms with Crippen LogP contribution in [0.1, 0.15) is 11.1 Å². The molecule has 0 aliphatic carbocycles. The van der Waals surface area contributed by atoms with Crippen molar-refractivity contribution in [2.24, 2.45) is 0 Å². The number of hydrogen-bond acceptors (Lipinski definition) is 5. The lowest BCUT2D eigenvalue weighted by molar-refractivity contribution is 0.353. The summed E-state index contributed by atoms with van der Waals surface area (Å²) in [6, 6.07) is 8.27. The SMILES string of the molecule is COc1cc(Br)c(S(=O)(=O)Oc2cc(C)ccc2C)cc1OC. The van der Waals surface area contributed by atoms with Crippen LogP contribution in [-0.4, -0.2) is 22.6 Å². The predicted molar refractivity (Wildman–Crippen MR) is 91.0 cm³/mol. The van der Waals surface area contributed by atoms with E-state index in [0.29, 0.717) is 21.7 Å². The van der Waals surface area contributed by atoms with E-state index in [1.807, 2.05) is 19.1 Å². The number of methoxy groups -OCH3 is 2. The summed E-state index contributed by atoms with van der Waals surface area (Å²) >= 11 is 3.24. The zero-order valence-corrected chi connectivity index (χ0v) is 15.6. The number of benzene rings is 2. The summed E-state index contributed by atoms with van der Waals surface area (Å²) in [5, 5.41) is 0. The van der Waals surface area contributed by atoms with Crippen LogP contribution in [0.2, 0.25) is 0 Å². The van der Waals surface area contributed by atoms with E-state index in [-0.39, 0.29) is 4.90 Å². The van der Waals surface area contributed by atoms with Gasteiger partial charge in [-0.15, -0.1) is 0 Å². The largest absolute Gasteiger partial charge is 0.493 e. The zero-order valence-electron chi connectivity index (χ0n) is 13.2. The molecule has 2 rings (SSSR count). The Balaban J connectivity index is 2.49. The fourth-order valence-corrected chi connectivity index (χ4v) is 3.96. The average molecular weight is 401 g/mol. The Bertz CT molecular complexity index is 831. The van der Waals surface area contributed by atoms with Crippen molar-refractivity contribution in [2.45, 2.75) is 18.7 Å². The minimum atomic E-state index is -4.02. The minimum absolute atomic E-state index is 0.0314. The van der Waals surface area contributed by atoms with Crippen LogP contribution in [0.3, 0.4) is 0 Å². The van der Waals surface area contributed by atoms with Crippen LogP contribution in [0.5, 0.6) is 17.2 Å². The van der Waals surface area contributed by atoms with E-state index >= 15 is 0 Å². The van der Waals surface area contributed by atoms with Gasteiger partial charge in [0, 0.05) is 10.5 Å². The molecule has 0 fully saturated rings. The second-order valence-electron chi connectivity index (χ2n) is 4.94. The summed E-state index contributed by atoms with van der Waals surface area (Å²) in [6.07, 6.45) is 0. The topological polar surface area (TPSA) is 61.8 Å². The van der Waals surface area contributed by atoms with Gasteiger partial charge in [-0.1, -0.05) is 12.1 Å². The van der Waals surface area contributed by atoms with Crippen molar-refractivity contribution in [2.75, 3.05) is 14.2 Å². The molecule has 23 heavy (non-hydrogen) atoms. The van der Waals surface area contributed by atoms with Crippen molar-refractivity contribution in [3.63, 3.8) is 0 Å². The second kappa shape index (κ2) is 6.80. The van der Waals surface area contributed by atoms with Crippen molar-refractivity contribution in [3.8, 4) is 17.2 Å². The number of rotatable bonds is 5. The molecule has 2 aromatic rings. The summed E-state index contributed by atoms with van der Waals surface area (Å²) in [5.74, 6) is 1.02. The number of ether oxygens (including phenoxy) is 2. The third kappa shape index (κ3) is 3.79. The summed E-state index contributed by atoms with van der Waals surface area (Å²) in [5.41, 5.74) is 1.64. The molecule has 0 bridgehead atoms. The second-order valence-corrected chi connectivity index (χ2v) is 7.31. The molecule has 0 aromatic heterocycles. The van der Waals surface area contributed by atoms with Gasteiger partial charge in [0.15, 0.2) is 11.5 Å². The van der Waals surface area contributed by atoms with Crippen LogP contribution in [-0.2, 0) is 10.1 Å². The van der Waals surface area contributed by atoms with Gasteiger partial charge in [0.05, 0.1) is 14.2 Å². The van der Waals surface area contributed by atoms with E-state index in [0.717, 1.165) is 11.1 Å². The molecule has 5 nitrogen and oxygen atoms in total. The van der Waals surface area contributed by atoms with Crippen molar-refractivity contribution in [3.05, 3.63) is 45.9 Å². The summed E-state index contributed by atoms with van der Waals surface area (Å²) in [7, 11) is -1.11. The first-order valence-electron chi connectivity index (χ1n) is 6.71. The van der Waals surface area contributed by atoms with Crippen LogP contribution in [0, 0.1) is 13.8 Å². The quantitative estimate of drug-likeness (QED) is 0.713. The lowest BCUT2D eigenvalue weighted by atomic mass is 10.1.